The Morgan fingerprint density at radius 1 is 1.27 bits per heavy atom. The Kier molecular flexibility index (Phi) is 5.80. The van der Waals surface area contributed by atoms with E-state index in [2.05, 4.69) is 35.8 Å². The maximum absolute atomic E-state index is 5.89. The van der Waals surface area contributed by atoms with Gasteiger partial charge < -0.3 is 15.2 Å². The lowest BCUT2D eigenvalue weighted by Gasteiger charge is -2.09. The number of rotatable bonds is 6. The lowest BCUT2D eigenvalue weighted by atomic mass is 10.2. The summed E-state index contributed by atoms with van der Waals surface area (Å²) in [6.07, 6.45) is 1.50. The summed E-state index contributed by atoms with van der Waals surface area (Å²) in [6, 6.07) is 7.26. The van der Waals surface area contributed by atoms with Gasteiger partial charge in [0, 0.05) is 24.2 Å². The first kappa shape index (κ1) is 17.9. The molecule has 1 aromatic carbocycles. The lowest BCUT2D eigenvalue weighted by molar-refractivity contribution is 0.375. The average Bonchev–Trinajstić information content (AvgIpc) is 3.27. The first-order valence-electron chi connectivity index (χ1n) is 8.09. The molecule has 0 bridgehead atoms. The molecule has 0 amide bonds. The number of aryl methyl sites for hydroxylation is 1. The van der Waals surface area contributed by atoms with E-state index in [0.29, 0.717) is 35.8 Å². The van der Waals surface area contributed by atoms with Crippen LogP contribution in [0, 0.1) is 0 Å². The smallest absolute Gasteiger partial charge is 0.246 e. The van der Waals surface area contributed by atoms with Crippen molar-refractivity contribution in [3.63, 3.8) is 0 Å². The molecule has 0 saturated heterocycles. The zero-order valence-corrected chi connectivity index (χ0v) is 15.2. The molecule has 2 heterocycles. The van der Waals surface area contributed by atoms with Gasteiger partial charge in [-0.25, -0.2) is 9.98 Å². The molecule has 3 rings (SSSR count). The van der Waals surface area contributed by atoms with Crippen LogP contribution in [0.1, 0.15) is 18.6 Å². The van der Waals surface area contributed by atoms with E-state index in [1.54, 1.807) is 16.8 Å². The molecule has 9 nitrogen and oxygen atoms in total. The fourth-order valence-corrected chi connectivity index (χ4v) is 2.28. The average molecular weight is 375 g/mol. The van der Waals surface area contributed by atoms with E-state index in [9.17, 15) is 0 Å². The third-order valence-corrected chi connectivity index (χ3v) is 3.76. The second-order valence-electron chi connectivity index (χ2n) is 5.37. The largest absolute Gasteiger partial charge is 0.357 e. The van der Waals surface area contributed by atoms with E-state index in [1.165, 1.54) is 6.33 Å². The van der Waals surface area contributed by atoms with Gasteiger partial charge in [-0.15, -0.1) is 0 Å². The molecule has 2 aromatic heterocycles. The summed E-state index contributed by atoms with van der Waals surface area (Å²) in [4.78, 5) is 13.0. The Morgan fingerprint density at radius 2 is 2.08 bits per heavy atom. The van der Waals surface area contributed by atoms with Crippen LogP contribution >= 0.6 is 11.6 Å². The van der Waals surface area contributed by atoms with Gasteiger partial charge in [0.25, 0.3) is 0 Å². The number of guanidine groups is 1. The molecule has 10 heteroatoms. The predicted octanol–water partition coefficient (Wildman–Crippen LogP) is 1.77. The molecular formula is C16H19ClN8O. The zero-order valence-electron chi connectivity index (χ0n) is 14.5. The highest BCUT2D eigenvalue weighted by atomic mass is 35.5. The van der Waals surface area contributed by atoms with Gasteiger partial charge in [-0.2, -0.15) is 10.1 Å². The summed E-state index contributed by atoms with van der Waals surface area (Å²) in [6.45, 7) is 3.48. The molecule has 0 aliphatic heterocycles. The van der Waals surface area contributed by atoms with Crippen molar-refractivity contribution in [3.8, 4) is 11.4 Å². The van der Waals surface area contributed by atoms with Crippen LogP contribution in [0.2, 0.25) is 5.02 Å². The molecule has 0 atom stereocenters. The van der Waals surface area contributed by atoms with Crippen molar-refractivity contribution in [2.75, 3.05) is 6.54 Å². The minimum absolute atomic E-state index is 0.352. The van der Waals surface area contributed by atoms with Gasteiger partial charge in [0.15, 0.2) is 5.96 Å². The monoisotopic (exact) mass is 374 g/mol. The second kappa shape index (κ2) is 8.43. The summed E-state index contributed by atoms with van der Waals surface area (Å²) in [5.41, 5.74) is 0.840. The van der Waals surface area contributed by atoms with E-state index in [-0.39, 0.29) is 0 Å². The Labute approximate surface area is 155 Å². The van der Waals surface area contributed by atoms with Crippen molar-refractivity contribution >= 4 is 17.6 Å². The van der Waals surface area contributed by atoms with Crippen LogP contribution in [-0.4, -0.2) is 37.4 Å². The SMILES string of the molecule is CCNC(=NCc1ncnn1C)NCc1nc(-c2ccc(Cl)cc2)no1. The Balaban J connectivity index is 1.62. The molecular weight excluding hydrogens is 356 g/mol. The van der Waals surface area contributed by atoms with Crippen LogP contribution in [0.3, 0.4) is 0 Å². The highest BCUT2D eigenvalue weighted by Crippen LogP contribution is 2.18. The van der Waals surface area contributed by atoms with Crippen LogP contribution in [0.4, 0.5) is 0 Å². The van der Waals surface area contributed by atoms with Gasteiger partial charge in [-0.1, -0.05) is 16.8 Å². The standard InChI is InChI=1S/C16H19ClN8O/c1-3-18-16(19-8-13-21-10-22-25(13)2)20-9-14-23-15(24-26-14)11-4-6-12(17)7-5-11/h4-7,10H,3,8-9H2,1-2H3,(H2,18,19,20). The van der Waals surface area contributed by atoms with Gasteiger partial charge in [-0.05, 0) is 31.2 Å². The predicted molar refractivity (Wildman–Crippen MR) is 97.4 cm³/mol. The molecule has 3 aromatic rings. The third-order valence-electron chi connectivity index (χ3n) is 3.51. The number of nitrogens with one attached hydrogen (secondary N) is 2. The number of hydrogen-bond acceptors (Lipinski definition) is 6. The summed E-state index contributed by atoms with van der Waals surface area (Å²) in [5, 5.41) is 15.0. The normalized spacial score (nSPS) is 11.6. The third kappa shape index (κ3) is 4.57. The molecule has 0 aliphatic carbocycles. The fraction of sp³-hybridized carbons (Fsp3) is 0.312. The number of benzene rings is 1. The maximum Gasteiger partial charge on any atom is 0.246 e. The molecule has 0 aliphatic rings. The van der Waals surface area contributed by atoms with Crippen molar-refractivity contribution < 1.29 is 4.52 Å². The van der Waals surface area contributed by atoms with Gasteiger partial charge in [-0.3, -0.25) is 4.68 Å². The molecule has 136 valence electrons. The topological polar surface area (TPSA) is 106 Å². The number of hydrogen-bond donors (Lipinski definition) is 2. The summed E-state index contributed by atoms with van der Waals surface area (Å²) < 4.78 is 6.97. The molecule has 0 radical (unpaired) electrons. The number of halogens is 1. The number of nitrogens with zero attached hydrogens (tertiary/aromatic N) is 6. The van der Waals surface area contributed by atoms with Gasteiger partial charge >= 0.3 is 0 Å². The van der Waals surface area contributed by atoms with Crippen LogP contribution in [0.25, 0.3) is 11.4 Å². The summed E-state index contributed by atoms with van der Waals surface area (Å²) in [5.74, 6) is 2.37. The quantitative estimate of drug-likeness (QED) is 0.500. The first-order chi connectivity index (χ1) is 12.7. The van der Waals surface area contributed by atoms with E-state index in [0.717, 1.165) is 17.9 Å². The molecule has 26 heavy (non-hydrogen) atoms. The highest BCUT2D eigenvalue weighted by Gasteiger charge is 2.09. The van der Waals surface area contributed by atoms with Crippen molar-refractivity contribution in [1.29, 1.82) is 0 Å². The van der Waals surface area contributed by atoms with Crippen molar-refractivity contribution in [3.05, 3.63) is 47.3 Å². The van der Waals surface area contributed by atoms with Gasteiger partial charge in [0.2, 0.25) is 11.7 Å². The van der Waals surface area contributed by atoms with Crippen LogP contribution in [0.5, 0.6) is 0 Å². The van der Waals surface area contributed by atoms with Crippen LogP contribution in [-0.2, 0) is 20.1 Å². The highest BCUT2D eigenvalue weighted by molar-refractivity contribution is 6.30. The summed E-state index contributed by atoms with van der Waals surface area (Å²) in [7, 11) is 1.83. The Morgan fingerprint density at radius 3 is 2.77 bits per heavy atom. The number of aliphatic imine (C=N–C) groups is 1. The van der Waals surface area contributed by atoms with Crippen LogP contribution < -0.4 is 10.6 Å². The van der Waals surface area contributed by atoms with Crippen molar-refractivity contribution in [2.45, 2.75) is 20.0 Å². The molecule has 0 unspecified atom stereocenters. The lowest BCUT2D eigenvalue weighted by Crippen LogP contribution is -2.37. The Hall–Kier alpha value is -2.94. The van der Waals surface area contributed by atoms with E-state index in [1.807, 2.05) is 26.1 Å². The minimum atomic E-state index is 0.352. The van der Waals surface area contributed by atoms with Gasteiger partial charge in [0.1, 0.15) is 18.7 Å². The zero-order chi connectivity index (χ0) is 18.4. The van der Waals surface area contributed by atoms with Gasteiger partial charge in [0.05, 0.1) is 6.54 Å². The second-order valence-corrected chi connectivity index (χ2v) is 5.80. The Bertz CT molecular complexity index is 871. The molecule has 2 N–H and O–H groups in total. The van der Waals surface area contributed by atoms with E-state index in [4.69, 9.17) is 16.1 Å². The minimum Gasteiger partial charge on any atom is -0.357 e. The molecule has 0 saturated carbocycles. The van der Waals surface area contributed by atoms with Crippen molar-refractivity contribution in [2.24, 2.45) is 12.0 Å². The molecule has 0 fully saturated rings. The maximum atomic E-state index is 5.89. The number of aromatic nitrogens is 5. The van der Waals surface area contributed by atoms with Crippen LogP contribution in [0.15, 0.2) is 40.1 Å². The first-order valence-corrected chi connectivity index (χ1v) is 8.47. The molecule has 0 spiro atoms. The van der Waals surface area contributed by atoms with E-state index < -0.39 is 0 Å². The van der Waals surface area contributed by atoms with E-state index >= 15 is 0 Å². The van der Waals surface area contributed by atoms with Crippen molar-refractivity contribution in [1.82, 2.24) is 35.5 Å². The summed E-state index contributed by atoms with van der Waals surface area (Å²) >= 11 is 5.89. The fourth-order valence-electron chi connectivity index (χ4n) is 2.16.